The van der Waals surface area contributed by atoms with Crippen molar-refractivity contribution in [1.29, 1.82) is 0 Å². The third-order valence-corrected chi connectivity index (χ3v) is 1.77. The molecule has 0 fully saturated rings. The normalized spacial score (nSPS) is 11.8. The fourth-order valence-corrected chi connectivity index (χ4v) is 1.05. The van der Waals surface area contributed by atoms with Gasteiger partial charge in [0.05, 0.1) is 5.69 Å². The summed E-state index contributed by atoms with van der Waals surface area (Å²) in [5.41, 5.74) is 0.895. The maximum absolute atomic E-state index is 5.81. The number of imidazole rings is 1. The molecule has 1 rings (SSSR count). The fourth-order valence-electron chi connectivity index (χ4n) is 0.908. The SMILES string of the molecule is C=Cn1cc(C)nc1/C(Cl)=N\C. The molecule has 0 aliphatic heterocycles. The van der Waals surface area contributed by atoms with Crippen molar-refractivity contribution >= 4 is 23.0 Å². The van der Waals surface area contributed by atoms with E-state index in [1.54, 1.807) is 17.8 Å². The van der Waals surface area contributed by atoms with Crippen LogP contribution in [0, 0.1) is 6.92 Å². The minimum atomic E-state index is 0.392. The molecule has 1 heterocycles. The van der Waals surface area contributed by atoms with Gasteiger partial charge in [0.15, 0.2) is 11.0 Å². The highest BCUT2D eigenvalue weighted by Crippen LogP contribution is 2.06. The highest BCUT2D eigenvalue weighted by molar-refractivity contribution is 6.69. The lowest BCUT2D eigenvalue weighted by atomic mass is 10.6. The molecule has 1 aromatic rings. The van der Waals surface area contributed by atoms with Crippen molar-refractivity contribution in [3.8, 4) is 0 Å². The minimum Gasteiger partial charge on any atom is -0.305 e. The van der Waals surface area contributed by atoms with Crippen LogP contribution in [0.3, 0.4) is 0 Å². The summed E-state index contributed by atoms with van der Waals surface area (Å²) in [7, 11) is 1.62. The first-order valence-corrected chi connectivity index (χ1v) is 3.87. The van der Waals surface area contributed by atoms with Crippen LogP contribution in [-0.2, 0) is 0 Å². The smallest absolute Gasteiger partial charge is 0.174 e. The fraction of sp³-hybridized carbons (Fsp3) is 0.250. The van der Waals surface area contributed by atoms with Crippen molar-refractivity contribution in [3.05, 3.63) is 24.3 Å². The summed E-state index contributed by atoms with van der Waals surface area (Å²) in [5, 5.41) is 0.392. The average molecular weight is 184 g/mol. The Morgan fingerprint density at radius 2 is 2.50 bits per heavy atom. The first-order valence-electron chi connectivity index (χ1n) is 3.49. The Kier molecular flexibility index (Phi) is 2.65. The topological polar surface area (TPSA) is 30.2 Å². The molecule has 0 aliphatic carbocycles. The van der Waals surface area contributed by atoms with Crippen molar-refractivity contribution in [2.75, 3.05) is 7.05 Å². The monoisotopic (exact) mass is 183 g/mol. The summed E-state index contributed by atoms with van der Waals surface area (Å²) in [6.45, 7) is 5.52. The van der Waals surface area contributed by atoms with E-state index in [0.29, 0.717) is 11.0 Å². The summed E-state index contributed by atoms with van der Waals surface area (Å²) in [6.07, 6.45) is 3.48. The van der Waals surface area contributed by atoms with E-state index >= 15 is 0 Å². The molecule has 0 amide bonds. The zero-order chi connectivity index (χ0) is 9.14. The van der Waals surface area contributed by atoms with Crippen LogP contribution < -0.4 is 0 Å². The van der Waals surface area contributed by atoms with Crippen molar-refractivity contribution in [2.24, 2.45) is 4.99 Å². The second-order valence-corrected chi connectivity index (χ2v) is 2.67. The first kappa shape index (κ1) is 9.00. The van der Waals surface area contributed by atoms with E-state index in [4.69, 9.17) is 11.6 Å². The van der Waals surface area contributed by atoms with Crippen LogP contribution in [0.2, 0.25) is 0 Å². The van der Waals surface area contributed by atoms with Gasteiger partial charge >= 0.3 is 0 Å². The molecule has 0 aliphatic rings. The lowest BCUT2D eigenvalue weighted by Crippen LogP contribution is -2.00. The highest BCUT2D eigenvalue weighted by Gasteiger charge is 2.06. The van der Waals surface area contributed by atoms with Gasteiger partial charge in [-0.05, 0) is 6.92 Å². The van der Waals surface area contributed by atoms with Gasteiger partial charge in [-0.1, -0.05) is 18.2 Å². The van der Waals surface area contributed by atoms with E-state index in [-0.39, 0.29) is 0 Å². The molecule has 0 N–H and O–H groups in total. The third-order valence-electron chi connectivity index (χ3n) is 1.43. The van der Waals surface area contributed by atoms with Gasteiger partial charge in [-0.15, -0.1) is 0 Å². The molecule has 1 aromatic heterocycles. The Morgan fingerprint density at radius 3 is 3.00 bits per heavy atom. The largest absolute Gasteiger partial charge is 0.305 e. The van der Waals surface area contributed by atoms with Crippen molar-refractivity contribution in [2.45, 2.75) is 6.92 Å². The Morgan fingerprint density at radius 1 is 1.83 bits per heavy atom. The van der Waals surface area contributed by atoms with Gasteiger partial charge in [-0.3, -0.25) is 4.99 Å². The van der Waals surface area contributed by atoms with Crippen LogP contribution in [-0.4, -0.2) is 21.8 Å². The van der Waals surface area contributed by atoms with Crippen LogP contribution >= 0.6 is 11.6 Å². The molecule has 0 aromatic carbocycles. The van der Waals surface area contributed by atoms with Gasteiger partial charge in [0.2, 0.25) is 0 Å². The maximum atomic E-state index is 5.81. The number of halogens is 1. The van der Waals surface area contributed by atoms with Crippen molar-refractivity contribution in [3.63, 3.8) is 0 Å². The first-order chi connectivity index (χ1) is 5.69. The predicted molar refractivity (Wildman–Crippen MR) is 51.7 cm³/mol. The minimum absolute atomic E-state index is 0.392. The van der Waals surface area contributed by atoms with Crippen LogP contribution in [0.25, 0.3) is 6.20 Å². The van der Waals surface area contributed by atoms with E-state index in [1.165, 1.54) is 0 Å². The van der Waals surface area contributed by atoms with Crippen molar-refractivity contribution < 1.29 is 0 Å². The van der Waals surface area contributed by atoms with Gasteiger partial charge < -0.3 is 4.57 Å². The standard InChI is InChI=1S/C8H10ClN3/c1-4-12-5-6(2)11-8(12)7(9)10-3/h4-5H,1H2,2-3H3/b10-7+. The van der Waals surface area contributed by atoms with Crippen LogP contribution in [0.4, 0.5) is 0 Å². The maximum Gasteiger partial charge on any atom is 0.174 e. The molecule has 3 nitrogen and oxygen atoms in total. The lowest BCUT2D eigenvalue weighted by Gasteiger charge is -1.96. The highest BCUT2D eigenvalue weighted by atomic mass is 35.5. The Hall–Kier alpha value is -1.09. The van der Waals surface area contributed by atoms with Gasteiger partial charge in [0, 0.05) is 19.4 Å². The molecular weight excluding hydrogens is 174 g/mol. The Bertz CT molecular complexity index is 325. The van der Waals surface area contributed by atoms with E-state index in [9.17, 15) is 0 Å². The number of aliphatic imine (C=N–C) groups is 1. The molecule has 12 heavy (non-hydrogen) atoms. The van der Waals surface area contributed by atoms with E-state index in [2.05, 4.69) is 16.6 Å². The number of rotatable bonds is 2. The van der Waals surface area contributed by atoms with E-state index in [0.717, 1.165) is 5.69 Å². The zero-order valence-corrected chi connectivity index (χ0v) is 7.84. The second-order valence-electron chi connectivity index (χ2n) is 2.31. The molecule has 0 bridgehead atoms. The molecule has 4 heteroatoms. The number of nitrogens with zero attached hydrogens (tertiary/aromatic N) is 3. The van der Waals surface area contributed by atoms with Gasteiger partial charge in [-0.2, -0.15) is 0 Å². The van der Waals surface area contributed by atoms with Crippen LogP contribution in [0.1, 0.15) is 11.5 Å². The summed E-state index contributed by atoms with van der Waals surface area (Å²) in [5.74, 6) is 0.631. The van der Waals surface area contributed by atoms with Gasteiger partial charge in [-0.25, -0.2) is 4.98 Å². The predicted octanol–water partition coefficient (Wildman–Crippen LogP) is 1.91. The van der Waals surface area contributed by atoms with Crippen molar-refractivity contribution in [1.82, 2.24) is 9.55 Å². The molecular formula is C8H10ClN3. The summed E-state index contributed by atoms with van der Waals surface area (Å²) in [6, 6.07) is 0. The summed E-state index contributed by atoms with van der Waals surface area (Å²) < 4.78 is 1.74. The van der Waals surface area contributed by atoms with Crippen LogP contribution in [0.5, 0.6) is 0 Å². The molecule has 0 spiro atoms. The number of hydrogen-bond donors (Lipinski definition) is 0. The van der Waals surface area contributed by atoms with Gasteiger partial charge in [0.1, 0.15) is 0 Å². The number of aryl methyl sites for hydroxylation is 1. The third kappa shape index (κ3) is 1.56. The zero-order valence-electron chi connectivity index (χ0n) is 7.08. The van der Waals surface area contributed by atoms with E-state index < -0.39 is 0 Å². The molecule has 0 unspecified atom stereocenters. The average Bonchev–Trinajstić information content (AvgIpc) is 2.45. The number of hydrogen-bond acceptors (Lipinski definition) is 2. The molecule has 0 atom stereocenters. The molecule has 0 saturated carbocycles. The summed E-state index contributed by atoms with van der Waals surface area (Å²) >= 11 is 5.81. The van der Waals surface area contributed by atoms with Crippen LogP contribution in [0.15, 0.2) is 17.8 Å². The number of aromatic nitrogens is 2. The quantitative estimate of drug-likeness (QED) is 0.645. The summed E-state index contributed by atoms with van der Waals surface area (Å²) in [4.78, 5) is 8.01. The Balaban J connectivity index is 3.22. The molecule has 0 radical (unpaired) electrons. The molecule has 0 saturated heterocycles. The lowest BCUT2D eigenvalue weighted by molar-refractivity contribution is 1.11. The molecule has 64 valence electrons. The second kappa shape index (κ2) is 3.54. The van der Waals surface area contributed by atoms with E-state index in [1.807, 2.05) is 13.1 Å². The van der Waals surface area contributed by atoms with Gasteiger partial charge in [0.25, 0.3) is 0 Å². The Labute approximate surface area is 76.4 Å².